The van der Waals surface area contributed by atoms with Gasteiger partial charge >= 0.3 is 0 Å². The fraction of sp³-hybridized carbons (Fsp3) is 0.222. The van der Waals surface area contributed by atoms with Crippen molar-refractivity contribution in [3.63, 3.8) is 0 Å². The first-order chi connectivity index (χ1) is 7.99. The van der Waals surface area contributed by atoms with Gasteiger partial charge in [0.15, 0.2) is 0 Å². The maximum absolute atomic E-state index is 11.9. The number of nitrogens with zero attached hydrogens (tertiary/aromatic N) is 2. The highest BCUT2D eigenvalue weighted by Gasteiger charge is 2.16. The quantitative estimate of drug-likeness (QED) is 0.931. The van der Waals surface area contributed by atoms with Gasteiger partial charge in [-0.15, -0.1) is 11.3 Å². The van der Waals surface area contributed by atoms with Crippen molar-refractivity contribution in [1.82, 2.24) is 14.5 Å². The summed E-state index contributed by atoms with van der Waals surface area (Å²) in [6, 6.07) is 4.80. The van der Waals surface area contributed by atoms with Crippen LogP contribution in [0.2, 0.25) is 4.34 Å². The maximum Gasteiger partial charge on any atom is 0.250 e. The number of aryl methyl sites for hydroxylation is 1. The first-order valence-corrected chi connectivity index (χ1v) is 7.39. The summed E-state index contributed by atoms with van der Waals surface area (Å²) in [6.45, 7) is 0.203. The Morgan fingerprint density at radius 1 is 1.47 bits per heavy atom. The average molecular weight is 292 g/mol. The van der Waals surface area contributed by atoms with E-state index in [1.165, 1.54) is 6.07 Å². The molecule has 2 rings (SSSR count). The maximum atomic E-state index is 11.9. The molecule has 1 N–H and O–H groups in total. The van der Waals surface area contributed by atoms with Crippen molar-refractivity contribution in [3.05, 3.63) is 34.4 Å². The monoisotopic (exact) mass is 291 g/mol. The lowest BCUT2D eigenvalue weighted by atomic mass is 10.4. The van der Waals surface area contributed by atoms with Crippen LogP contribution >= 0.6 is 22.9 Å². The molecule has 8 heteroatoms. The van der Waals surface area contributed by atoms with E-state index in [1.54, 1.807) is 30.1 Å². The molecule has 0 fully saturated rings. The Bertz CT molecular complexity index is 618. The molecule has 0 radical (unpaired) electrons. The molecule has 0 aromatic carbocycles. The van der Waals surface area contributed by atoms with Gasteiger partial charge in [-0.2, -0.15) is 5.10 Å². The van der Waals surface area contributed by atoms with Crippen LogP contribution in [0.25, 0.3) is 0 Å². The highest BCUT2D eigenvalue weighted by molar-refractivity contribution is 7.91. The van der Waals surface area contributed by atoms with Gasteiger partial charge in [0, 0.05) is 13.2 Å². The summed E-state index contributed by atoms with van der Waals surface area (Å²) in [7, 11) is -1.73. The Morgan fingerprint density at radius 3 is 2.76 bits per heavy atom. The van der Waals surface area contributed by atoms with E-state index in [0.29, 0.717) is 4.34 Å². The molecule has 0 aliphatic carbocycles. The smallest absolute Gasteiger partial charge is 0.250 e. The van der Waals surface area contributed by atoms with Crippen LogP contribution in [-0.2, 0) is 23.6 Å². The average Bonchev–Trinajstić information content (AvgIpc) is 2.85. The minimum atomic E-state index is -3.49. The van der Waals surface area contributed by atoms with Gasteiger partial charge < -0.3 is 0 Å². The molecule has 2 aromatic heterocycles. The van der Waals surface area contributed by atoms with Crippen LogP contribution in [0.3, 0.4) is 0 Å². The van der Waals surface area contributed by atoms with Crippen LogP contribution in [0.5, 0.6) is 0 Å². The van der Waals surface area contributed by atoms with Gasteiger partial charge in [0.25, 0.3) is 0 Å². The van der Waals surface area contributed by atoms with Gasteiger partial charge in [-0.25, -0.2) is 13.1 Å². The van der Waals surface area contributed by atoms with Crippen LogP contribution in [0.1, 0.15) is 5.69 Å². The first kappa shape index (κ1) is 12.6. The van der Waals surface area contributed by atoms with Crippen molar-refractivity contribution < 1.29 is 8.42 Å². The minimum Gasteiger partial charge on any atom is -0.271 e. The fourth-order valence-electron chi connectivity index (χ4n) is 1.26. The Morgan fingerprint density at radius 2 is 2.24 bits per heavy atom. The number of nitrogens with one attached hydrogen (secondary N) is 1. The van der Waals surface area contributed by atoms with Gasteiger partial charge in [0.05, 0.1) is 16.6 Å². The zero-order valence-corrected chi connectivity index (χ0v) is 11.3. The van der Waals surface area contributed by atoms with Gasteiger partial charge in [0.1, 0.15) is 4.21 Å². The largest absolute Gasteiger partial charge is 0.271 e. The zero-order valence-electron chi connectivity index (χ0n) is 8.92. The standard InChI is InChI=1S/C9H10ClN3O2S2/c1-13-7(4-5-11-13)6-12-17(14,15)9-3-2-8(10)16-9/h2-5,12H,6H2,1H3. The van der Waals surface area contributed by atoms with Gasteiger partial charge in [-0.1, -0.05) is 11.6 Å². The van der Waals surface area contributed by atoms with E-state index in [4.69, 9.17) is 11.6 Å². The summed E-state index contributed by atoms with van der Waals surface area (Å²) in [5.41, 5.74) is 0.788. The van der Waals surface area contributed by atoms with E-state index in [0.717, 1.165) is 17.0 Å². The van der Waals surface area contributed by atoms with Crippen molar-refractivity contribution in [1.29, 1.82) is 0 Å². The van der Waals surface area contributed by atoms with Crippen LogP contribution in [0.15, 0.2) is 28.6 Å². The molecule has 0 saturated carbocycles. The third-order valence-corrected chi connectivity index (χ3v) is 5.30. The number of sulfonamides is 1. The van der Waals surface area contributed by atoms with Crippen molar-refractivity contribution in [2.24, 2.45) is 7.05 Å². The highest BCUT2D eigenvalue weighted by Crippen LogP contribution is 2.25. The van der Waals surface area contributed by atoms with Crippen molar-refractivity contribution >= 4 is 33.0 Å². The van der Waals surface area contributed by atoms with E-state index in [-0.39, 0.29) is 10.8 Å². The van der Waals surface area contributed by atoms with Crippen molar-refractivity contribution in [2.45, 2.75) is 10.8 Å². The third-order valence-electron chi connectivity index (χ3n) is 2.18. The second-order valence-electron chi connectivity index (χ2n) is 3.33. The van der Waals surface area contributed by atoms with Gasteiger partial charge in [-0.05, 0) is 18.2 Å². The molecule has 5 nitrogen and oxygen atoms in total. The Balaban J connectivity index is 2.11. The van der Waals surface area contributed by atoms with E-state index >= 15 is 0 Å². The molecule has 92 valence electrons. The summed E-state index contributed by atoms with van der Waals surface area (Å²) in [5, 5.41) is 3.96. The van der Waals surface area contributed by atoms with Crippen molar-refractivity contribution in [2.75, 3.05) is 0 Å². The molecule has 0 atom stereocenters. The Kier molecular flexibility index (Phi) is 3.53. The molecule has 0 saturated heterocycles. The minimum absolute atomic E-state index is 0.203. The number of hydrogen-bond acceptors (Lipinski definition) is 4. The summed E-state index contributed by atoms with van der Waals surface area (Å²) in [6.07, 6.45) is 1.62. The molecule has 0 aliphatic rings. The number of hydrogen-bond donors (Lipinski definition) is 1. The highest BCUT2D eigenvalue weighted by atomic mass is 35.5. The van der Waals surface area contributed by atoms with Crippen LogP contribution in [0, 0.1) is 0 Å². The lowest BCUT2D eigenvalue weighted by Gasteiger charge is -2.04. The number of thiophene rings is 1. The van der Waals surface area contributed by atoms with E-state index < -0.39 is 10.0 Å². The normalized spacial score (nSPS) is 11.9. The Labute approximate surface area is 108 Å². The van der Waals surface area contributed by atoms with Crippen LogP contribution in [-0.4, -0.2) is 18.2 Å². The molecule has 2 aromatic rings. The SMILES string of the molecule is Cn1nccc1CNS(=O)(=O)c1ccc(Cl)s1. The second-order valence-corrected chi connectivity index (χ2v) is 7.04. The predicted octanol–water partition coefficient (Wildman–Crippen LogP) is 1.61. The van der Waals surface area contributed by atoms with Crippen molar-refractivity contribution in [3.8, 4) is 0 Å². The number of aromatic nitrogens is 2. The zero-order chi connectivity index (χ0) is 12.5. The molecular weight excluding hydrogens is 282 g/mol. The van der Waals surface area contributed by atoms with Gasteiger partial charge in [0.2, 0.25) is 10.0 Å². The molecule has 17 heavy (non-hydrogen) atoms. The molecule has 2 heterocycles. The molecule has 0 amide bonds. The van der Waals surface area contributed by atoms with Crippen LogP contribution in [0.4, 0.5) is 0 Å². The summed E-state index contributed by atoms with van der Waals surface area (Å²) < 4.78 is 28.5. The molecule has 0 spiro atoms. The number of halogens is 1. The topological polar surface area (TPSA) is 64.0 Å². The lowest BCUT2D eigenvalue weighted by molar-refractivity contribution is 0.579. The predicted molar refractivity (Wildman–Crippen MR) is 66.6 cm³/mol. The Hall–Kier alpha value is -0.890. The van der Waals surface area contributed by atoms with Crippen LogP contribution < -0.4 is 4.72 Å². The summed E-state index contributed by atoms with van der Waals surface area (Å²) >= 11 is 6.73. The number of rotatable bonds is 4. The molecule has 0 aliphatic heterocycles. The van der Waals surface area contributed by atoms with Gasteiger partial charge in [-0.3, -0.25) is 4.68 Å². The second kappa shape index (κ2) is 4.77. The third kappa shape index (κ3) is 2.86. The van der Waals surface area contributed by atoms with E-state index in [1.807, 2.05) is 0 Å². The molecule has 0 bridgehead atoms. The molecular formula is C9H10ClN3O2S2. The molecule has 0 unspecified atom stereocenters. The van der Waals surface area contributed by atoms with E-state index in [9.17, 15) is 8.42 Å². The first-order valence-electron chi connectivity index (χ1n) is 4.71. The summed E-state index contributed by atoms with van der Waals surface area (Å²) in [4.78, 5) is 0. The van der Waals surface area contributed by atoms with E-state index in [2.05, 4.69) is 9.82 Å². The summed E-state index contributed by atoms with van der Waals surface area (Å²) in [5.74, 6) is 0. The lowest BCUT2D eigenvalue weighted by Crippen LogP contribution is -2.23. The fourth-order valence-corrected chi connectivity index (χ4v) is 3.78.